The first-order valence-electron chi connectivity index (χ1n) is 4.91. The molecule has 0 aliphatic heterocycles. The standard InChI is InChI=1S/C10H12O2.C2H6/c1-7(11)9-5-3-4-6-10(9)8(2)12;1-2/h3-7,11H,1-2H3;1-2H3. The van der Waals surface area contributed by atoms with Gasteiger partial charge in [-0.2, -0.15) is 0 Å². The molecule has 0 radical (unpaired) electrons. The van der Waals surface area contributed by atoms with Crippen molar-refractivity contribution in [3.8, 4) is 0 Å². The highest BCUT2D eigenvalue weighted by atomic mass is 16.3. The molecule has 0 saturated carbocycles. The molecule has 1 atom stereocenters. The summed E-state index contributed by atoms with van der Waals surface area (Å²) >= 11 is 0. The van der Waals surface area contributed by atoms with Crippen LogP contribution in [-0.4, -0.2) is 10.9 Å². The third kappa shape index (κ3) is 3.30. The highest BCUT2D eigenvalue weighted by molar-refractivity contribution is 5.95. The molecule has 2 heteroatoms. The molecule has 1 rings (SSSR count). The van der Waals surface area contributed by atoms with E-state index < -0.39 is 6.10 Å². The molecule has 78 valence electrons. The van der Waals surface area contributed by atoms with E-state index in [0.717, 1.165) is 0 Å². The van der Waals surface area contributed by atoms with Crippen LogP contribution in [0.1, 0.15) is 49.7 Å². The highest BCUT2D eigenvalue weighted by Gasteiger charge is 2.09. The lowest BCUT2D eigenvalue weighted by molar-refractivity contribution is 0.101. The van der Waals surface area contributed by atoms with Gasteiger partial charge in [-0.3, -0.25) is 4.79 Å². The molecule has 1 aromatic rings. The molecular weight excluding hydrogens is 176 g/mol. The van der Waals surface area contributed by atoms with E-state index in [9.17, 15) is 9.90 Å². The van der Waals surface area contributed by atoms with E-state index in [0.29, 0.717) is 11.1 Å². The Bertz CT molecular complexity index is 290. The molecule has 0 aliphatic rings. The van der Waals surface area contributed by atoms with E-state index in [1.165, 1.54) is 6.92 Å². The molecule has 14 heavy (non-hydrogen) atoms. The van der Waals surface area contributed by atoms with Crippen LogP contribution in [0, 0.1) is 0 Å². The van der Waals surface area contributed by atoms with Gasteiger partial charge in [-0.05, 0) is 19.4 Å². The first kappa shape index (κ1) is 12.8. The monoisotopic (exact) mass is 194 g/mol. The molecule has 1 aromatic carbocycles. The van der Waals surface area contributed by atoms with Crippen molar-refractivity contribution >= 4 is 5.78 Å². The Labute approximate surface area is 85.6 Å². The van der Waals surface area contributed by atoms with Gasteiger partial charge in [-0.1, -0.05) is 38.1 Å². The molecular formula is C12H18O2. The van der Waals surface area contributed by atoms with E-state index in [1.807, 2.05) is 19.9 Å². The van der Waals surface area contributed by atoms with Crippen molar-refractivity contribution in [2.24, 2.45) is 0 Å². The van der Waals surface area contributed by atoms with Crippen LogP contribution in [0.2, 0.25) is 0 Å². The van der Waals surface area contributed by atoms with Crippen molar-refractivity contribution in [1.29, 1.82) is 0 Å². The third-order valence-electron chi connectivity index (χ3n) is 1.79. The van der Waals surface area contributed by atoms with Crippen LogP contribution >= 0.6 is 0 Å². The van der Waals surface area contributed by atoms with Crippen molar-refractivity contribution in [3.63, 3.8) is 0 Å². The molecule has 0 heterocycles. The van der Waals surface area contributed by atoms with Crippen molar-refractivity contribution in [3.05, 3.63) is 35.4 Å². The molecule has 0 spiro atoms. The maximum atomic E-state index is 11.1. The average molecular weight is 194 g/mol. The fraction of sp³-hybridized carbons (Fsp3) is 0.417. The number of Topliss-reactive ketones (excluding diaryl/α,β-unsaturated/α-hetero) is 1. The van der Waals surface area contributed by atoms with E-state index in [-0.39, 0.29) is 5.78 Å². The Balaban J connectivity index is 0.000000791. The summed E-state index contributed by atoms with van der Waals surface area (Å²) in [5, 5.41) is 9.30. The van der Waals surface area contributed by atoms with E-state index in [1.54, 1.807) is 25.1 Å². The summed E-state index contributed by atoms with van der Waals surface area (Å²) in [6, 6.07) is 7.10. The van der Waals surface area contributed by atoms with Gasteiger partial charge in [0.15, 0.2) is 5.78 Å². The molecule has 0 aliphatic carbocycles. The number of carbonyl (C=O) groups excluding carboxylic acids is 1. The fourth-order valence-corrected chi connectivity index (χ4v) is 1.18. The molecule has 0 aromatic heterocycles. The van der Waals surface area contributed by atoms with E-state index in [4.69, 9.17) is 0 Å². The first-order valence-corrected chi connectivity index (χ1v) is 4.91. The largest absolute Gasteiger partial charge is 0.389 e. The number of benzene rings is 1. The lowest BCUT2D eigenvalue weighted by Crippen LogP contribution is -2.01. The third-order valence-corrected chi connectivity index (χ3v) is 1.79. The second-order valence-electron chi connectivity index (χ2n) is 2.82. The molecule has 0 bridgehead atoms. The number of hydrogen-bond donors (Lipinski definition) is 1. The highest BCUT2D eigenvalue weighted by Crippen LogP contribution is 2.17. The number of aliphatic hydroxyl groups is 1. The minimum absolute atomic E-state index is 0.00787. The summed E-state index contributed by atoms with van der Waals surface area (Å²) in [7, 11) is 0. The lowest BCUT2D eigenvalue weighted by atomic mass is 10.0. The number of ketones is 1. The van der Waals surface area contributed by atoms with Gasteiger partial charge in [0.25, 0.3) is 0 Å². The van der Waals surface area contributed by atoms with Gasteiger partial charge in [0, 0.05) is 5.56 Å². The Morgan fingerprint density at radius 3 is 2.14 bits per heavy atom. The quantitative estimate of drug-likeness (QED) is 0.735. The second-order valence-corrected chi connectivity index (χ2v) is 2.82. The van der Waals surface area contributed by atoms with Crippen molar-refractivity contribution in [1.82, 2.24) is 0 Å². The summed E-state index contributed by atoms with van der Waals surface area (Å²) in [5.41, 5.74) is 1.30. The minimum atomic E-state index is -0.579. The predicted molar refractivity (Wildman–Crippen MR) is 58.4 cm³/mol. The van der Waals surface area contributed by atoms with Crippen LogP contribution in [0.4, 0.5) is 0 Å². The number of hydrogen-bond acceptors (Lipinski definition) is 2. The smallest absolute Gasteiger partial charge is 0.160 e. The Morgan fingerprint density at radius 1 is 1.29 bits per heavy atom. The fourth-order valence-electron chi connectivity index (χ4n) is 1.18. The average Bonchev–Trinajstić information content (AvgIpc) is 2.20. The SMILES string of the molecule is CC.CC(=O)c1ccccc1C(C)O. The van der Waals surface area contributed by atoms with Crippen LogP contribution in [0.15, 0.2) is 24.3 Å². The van der Waals surface area contributed by atoms with Gasteiger partial charge in [0.2, 0.25) is 0 Å². The predicted octanol–water partition coefficient (Wildman–Crippen LogP) is 2.97. The Hall–Kier alpha value is -1.15. The zero-order chi connectivity index (χ0) is 11.1. The molecule has 1 unspecified atom stereocenters. The number of aliphatic hydroxyl groups excluding tert-OH is 1. The van der Waals surface area contributed by atoms with Crippen molar-refractivity contribution in [2.75, 3.05) is 0 Å². The zero-order valence-corrected chi connectivity index (χ0v) is 9.24. The normalized spacial score (nSPS) is 11.2. The van der Waals surface area contributed by atoms with Gasteiger partial charge >= 0.3 is 0 Å². The number of carbonyl (C=O) groups is 1. The summed E-state index contributed by atoms with van der Waals surface area (Å²) in [6.45, 7) is 7.16. The van der Waals surface area contributed by atoms with Gasteiger partial charge < -0.3 is 5.11 Å². The minimum Gasteiger partial charge on any atom is -0.389 e. The van der Waals surface area contributed by atoms with E-state index in [2.05, 4.69) is 0 Å². The van der Waals surface area contributed by atoms with Crippen LogP contribution < -0.4 is 0 Å². The maximum absolute atomic E-state index is 11.1. The van der Waals surface area contributed by atoms with Crippen molar-refractivity contribution < 1.29 is 9.90 Å². The summed E-state index contributed by atoms with van der Waals surface area (Å²) < 4.78 is 0. The molecule has 1 N–H and O–H groups in total. The second kappa shape index (κ2) is 6.33. The first-order chi connectivity index (χ1) is 6.63. The van der Waals surface area contributed by atoms with Gasteiger partial charge in [-0.15, -0.1) is 0 Å². The summed E-state index contributed by atoms with van der Waals surface area (Å²) in [5.74, 6) is -0.00787. The van der Waals surface area contributed by atoms with Crippen LogP contribution in [0.3, 0.4) is 0 Å². The van der Waals surface area contributed by atoms with Gasteiger partial charge in [0.05, 0.1) is 6.10 Å². The maximum Gasteiger partial charge on any atom is 0.160 e. The molecule has 0 saturated heterocycles. The lowest BCUT2D eigenvalue weighted by Gasteiger charge is -2.08. The molecule has 0 fully saturated rings. The Kier molecular flexibility index (Phi) is 5.81. The summed E-state index contributed by atoms with van der Waals surface area (Å²) in [6.07, 6.45) is -0.579. The zero-order valence-electron chi connectivity index (χ0n) is 9.24. The van der Waals surface area contributed by atoms with E-state index >= 15 is 0 Å². The topological polar surface area (TPSA) is 37.3 Å². The van der Waals surface area contributed by atoms with Crippen LogP contribution in [0.25, 0.3) is 0 Å². The number of rotatable bonds is 2. The molecule has 0 amide bonds. The van der Waals surface area contributed by atoms with Crippen LogP contribution in [0.5, 0.6) is 0 Å². The van der Waals surface area contributed by atoms with Crippen molar-refractivity contribution in [2.45, 2.75) is 33.8 Å². The molecule has 2 nitrogen and oxygen atoms in total. The Morgan fingerprint density at radius 2 is 1.79 bits per heavy atom. The van der Waals surface area contributed by atoms with Gasteiger partial charge in [0.1, 0.15) is 0 Å². The van der Waals surface area contributed by atoms with Crippen LogP contribution in [-0.2, 0) is 0 Å². The summed E-state index contributed by atoms with van der Waals surface area (Å²) in [4.78, 5) is 11.1. The van der Waals surface area contributed by atoms with Gasteiger partial charge in [-0.25, -0.2) is 0 Å².